The largest absolute Gasteiger partial charge is 0.377 e. The van der Waals surface area contributed by atoms with Gasteiger partial charge in [-0.15, -0.1) is 11.3 Å². The van der Waals surface area contributed by atoms with E-state index in [1.165, 1.54) is 37.0 Å². The Morgan fingerprint density at radius 1 is 1.39 bits per heavy atom. The van der Waals surface area contributed by atoms with Crippen LogP contribution in [0, 0.1) is 5.92 Å². The highest BCUT2D eigenvalue weighted by Gasteiger charge is 2.29. The Kier molecular flexibility index (Phi) is 5.67. The summed E-state index contributed by atoms with van der Waals surface area (Å²) in [6.45, 7) is 2.85. The first-order valence-corrected chi connectivity index (χ1v) is 8.08. The van der Waals surface area contributed by atoms with Crippen LogP contribution in [0.3, 0.4) is 0 Å². The minimum absolute atomic E-state index is 0.145. The summed E-state index contributed by atoms with van der Waals surface area (Å²) in [7, 11) is 0. The lowest BCUT2D eigenvalue weighted by Crippen LogP contribution is -2.44. The fourth-order valence-electron chi connectivity index (χ4n) is 3.04. The molecule has 2 rings (SSSR count). The van der Waals surface area contributed by atoms with Crippen molar-refractivity contribution in [1.82, 2.24) is 0 Å². The third-order valence-corrected chi connectivity index (χ3v) is 4.81. The summed E-state index contributed by atoms with van der Waals surface area (Å²) in [5, 5.41) is 2.12. The molecular weight excluding hydrogens is 242 g/mol. The van der Waals surface area contributed by atoms with E-state index < -0.39 is 0 Å². The Morgan fingerprint density at radius 2 is 2.17 bits per heavy atom. The van der Waals surface area contributed by atoms with E-state index in [9.17, 15) is 0 Å². The molecular formula is C15H25NOS. The van der Waals surface area contributed by atoms with Crippen molar-refractivity contribution >= 4 is 11.3 Å². The van der Waals surface area contributed by atoms with E-state index in [-0.39, 0.29) is 12.1 Å². The second-order valence-corrected chi connectivity index (χ2v) is 6.30. The first-order chi connectivity index (χ1) is 8.81. The van der Waals surface area contributed by atoms with E-state index in [2.05, 4.69) is 24.4 Å². The van der Waals surface area contributed by atoms with Gasteiger partial charge in [0.1, 0.15) is 0 Å². The lowest BCUT2D eigenvalue weighted by atomic mass is 9.82. The number of rotatable bonds is 6. The molecule has 0 saturated heterocycles. The van der Waals surface area contributed by atoms with Crippen LogP contribution in [0.1, 0.15) is 43.9 Å². The normalized spacial score (nSPS) is 20.8. The van der Waals surface area contributed by atoms with E-state index in [1.807, 2.05) is 0 Å². The van der Waals surface area contributed by atoms with Crippen LogP contribution in [0.5, 0.6) is 0 Å². The average Bonchev–Trinajstić information content (AvgIpc) is 2.89. The predicted octanol–water partition coefficient (Wildman–Crippen LogP) is 3.60. The van der Waals surface area contributed by atoms with Crippen molar-refractivity contribution in [3.05, 3.63) is 22.4 Å². The third kappa shape index (κ3) is 3.81. The second kappa shape index (κ2) is 7.27. The molecule has 1 saturated carbocycles. The minimum Gasteiger partial charge on any atom is -0.377 e. The van der Waals surface area contributed by atoms with Gasteiger partial charge in [0.15, 0.2) is 0 Å². The van der Waals surface area contributed by atoms with Crippen molar-refractivity contribution in [2.75, 3.05) is 6.61 Å². The molecule has 0 aliphatic heterocycles. The maximum atomic E-state index is 6.41. The standard InChI is InChI=1S/C15H25NOS/c1-2-17-15(12-7-4-3-5-8-12)14(16)11-13-9-6-10-18-13/h6,9-10,12,14-15H,2-5,7-8,11,16H2,1H3. The van der Waals surface area contributed by atoms with Crippen molar-refractivity contribution in [2.24, 2.45) is 11.7 Å². The molecule has 2 nitrogen and oxygen atoms in total. The zero-order valence-corrected chi connectivity index (χ0v) is 12.1. The van der Waals surface area contributed by atoms with Crippen LogP contribution in [0.15, 0.2) is 17.5 Å². The molecule has 1 aliphatic carbocycles. The molecule has 0 amide bonds. The van der Waals surface area contributed by atoms with E-state index in [4.69, 9.17) is 10.5 Å². The van der Waals surface area contributed by atoms with Crippen molar-refractivity contribution in [3.8, 4) is 0 Å². The summed E-state index contributed by atoms with van der Waals surface area (Å²) >= 11 is 1.80. The summed E-state index contributed by atoms with van der Waals surface area (Å²) in [5.74, 6) is 0.675. The zero-order chi connectivity index (χ0) is 12.8. The Morgan fingerprint density at radius 3 is 2.78 bits per heavy atom. The van der Waals surface area contributed by atoms with Crippen LogP contribution in [0.25, 0.3) is 0 Å². The monoisotopic (exact) mass is 267 g/mol. The lowest BCUT2D eigenvalue weighted by molar-refractivity contribution is -0.00898. The van der Waals surface area contributed by atoms with Crippen LogP contribution in [0.2, 0.25) is 0 Å². The summed E-state index contributed by atoms with van der Waals surface area (Å²) in [5.41, 5.74) is 6.41. The van der Waals surface area contributed by atoms with E-state index >= 15 is 0 Å². The van der Waals surface area contributed by atoms with Crippen LogP contribution in [-0.4, -0.2) is 18.8 Å². The maximum Gasteiger partial charge on any atom is 0.0757 e. The molecule has 2 atom stereocenters. The molecule has 3 heteroatoms. The second-order valence-electron chi connectivity index (χ2n) is 5.27. The van der Waals surface area contributed by atoms with Crippen LogP contribution >= 0.6 is 11.3 Å². The van der Waals surface area contributed by atoms with Gasteiger partial charge in [0, 0.05) is 17.5 Å². The number of nitrogens with two attached hydrogens (primary N) is 1. The SMILES string of the molecule is CCOC(C(N)Cc1cccs1)C1CCCCC1. The molecule has 0 spiro atoms. The molecule has 2 N–H and O–H groups in total. The van der Waals surface area contributed by atoms with Gasteiger partial charge in [-0.2, -0.15) is 0 Å². The lowest BCUT2D eigenvalue weighted by Gasteiger charge is -2.33. The van der Waals surface area contributed by atoms with Gasteiger partial charge in [-0.1, -0.05) is 25.3 Å². The number of thiophene rings is 1. The average molecular weight is 267 g/mol. The summed E-state index contributed by atoms with van der Waals surface area (Å²) < 4.78 is 5.97. The molecule has 0 aromatic carbocycles. The number of hydrogen-bond acceptors (Lipinski definition) is 3. The Bertz CT molecular complexity index is 319. The van der Waals surface area contributed by atoms with Gasteiger partial charge in [0.05, 0.1) is 6.10 Å². The molecule has 1 aliphatic rings. The van der Waals surface area contributed by atoms with Gasteiger partial charge < -0.3 is 10.5 Å². The molecule has 1 aromatic heterocycles. The summed E-state index contributed by atoms with van der Waals surface area (Å²) in [6, 6.07) is 4.42. The van der Waals surface area contributed by atoms with E-state index in [0.717, 1.165) is 13.0 Å². The molecule has 0 radical (unpaired) electrons. The summed E-state index contributed by atoms with van der Waals surface area (Å²) in [4.78, 5) is 1.38. The van der Waals surface area contributed by atoms with Gasteiger partial charge in [0.2, 0.25) is 0 Å². The van der Waals surface area contributed by atoms with Crippen molar-refractivity contribution in [3.63, 3.8) is 0 Å². The molecule has 1 fully saturated rings. The number of hydrogen-bond donors (Lipinski definition) is 1. The topological polar surface area (TPSA) is 35.2 Å². The molecule has 2 unspecified atom stereocenters. The zero-order valence-electron chi connectivity index (χ0n) is 11.3. The first-order valence-electron chi connectivity index (χ1n) is 7.20. The van der Waals surface area contributed by atoms with Gasteiger partial charge >= 0.3 is 0 Å². The molecule has 1 aromatic rings. The molecule has 0 bridgehead atoms. The Balaban J connectivity index is 1.94. The van der Waals surface area contributed by atoms with Crippen molar-refractivity contribution < 1.29 is 4.74 Å². The quantitative estimate of drug-likeness (QED) is 0.854. The highest BCUT2D eigenvalue weighted by molar-refractivity contribution is 7.09. The minimum atomic E-state index is 0.145. The maximum absolute atomic E-state index is 6.41. The van der Waals surface area contributed by atoms with Gasteiger partial charge in [0.25, 0.3) is 0 Å². The highest BCUT2D eigenvalue weighted by atomic mass is 32.1. The summed E-state index contributed by atoms with van der Waals surface area (Å²) in [6.07, 6.45) is 7.87. The van der Waals surface area contributed by atoms with Gasteiger partial charge in [-0.25, -0.2) is 0 Å². The van der Waals surface area contributed by atoms with Gasteiger partial charge in [-0.05, 0) is 43.6 Å². The predicted molar refractivity (Wildman–Crippen MR) is 78.0 cm³/mol. The van der Waals surface area contributed by atoms with E-state index in [0.29, 0.717) is 5.92 Å². The molecule has 18 heavy (non-hydrogen) atoms. The fraction of sp³-hybridized carbons (Fsp3) is 0.733. The highest BCUT2D eigenvalue weighted by Crippen LogP contribution is 2.30. The third-order valence-electron chi connectivity index (χ3n) is 3.91. The first kappa shape index (κ1) is 14.0. The molecule has 102 valence electrons. The van der Waals surface area contributed by atoms with Crippen molar-refractivity contribution in [2.45, 2.75) is 57.6 Å². The van der Waals surface area contributed by atoms with Crippen LogP contribution in [0.4, 0.5) is 0 Å². The molecule has 1 heterocycles. The Labute approximate surface area is 115 Å². The van der Waals surface area contributed by atoms with E-state index in [1.54, 1.807) is 11.3 Å². The fourth-order valence-corrected chi connectivity index (χ4v) is 3.82. The van der Waals surface area contributed by atoms with Gasteiger partial charge in [-0.3, -0.25) is 0 Å². The van der Waals surface area contributed by atoms with Crippen LogP contribution in [-0.2, 0) is 11.2 Å². The Hall–Kier alpha value is -0.380. The number of ether oxygens (including phenoxy) is 1. The van der Waals surface area contributed by atoms with Crippen LogP contribution < -0.4 is 5.73 Å². The van der Waals surface area contributed by atoms with Crippen molar-refractivity contribution in [1.29, 1.82) is 0 Å². The smallest absolute Gasteiger partial charge is 0.0757 e.